The zero-order valence-corrected chi connectivity index (χ0v) is 28.6. The molecule has 0 saturated heterocycles. The second-order valence-electron chi connectivity index (χ2n) is 13.3. The maximum atomic E-state index is 6.41. The number of benzene rings is 8. The van der Waals surface area contributed by atoms with Crippen molar-refractivity contribution in [2.24, 2.45) is 0 Å². The molecule has 0 radical (unpaired) electrons. The van der Waals surface area contributed by atoms with Gasteiger partial charge in [-0.15, -0.1) is 0 Å². The fourth-order valence-corrected chi connectivity index (χ4v) is 7.21. The van der Waals surface area contributed by atoms with E-state index in [0.29, 0.717) is 17.5 Å². The minimum atomic E-state index is 0.604. The molecule has 0 saturated carbocycles. The maximum Gasteiger partial charge on any atom is 0.164 e. The zero-order valence-electron chi connectivity index (χ0n) is 28.6. The Kier molecular flexibility index (Phi) is 7.43. The van der Waals surface area contributed by atoms with Crippen molar-refractivity contribution in [1.29, 1.82) is 0 Å². The maximum absolute atomic E-state index is 6.41. The molecule has 0 unspecified atom stereocenters. The molecule has 10 rings (SSSR count). The van der Waals surface area contributed by atoms with E-state index in [9.17, 15) is 0 Å². The van der Waals surface area contributed by atoms with Crippen molar-refractivity contribution < 1.29 is 4.42 Å². The van der Waals surface area contributed by atoms with Crippen molar-refractivity contribution in [3.63, 3.8) is 0 Å². The van der Waals surface area contributed by atoms with Crippen LogP contribution in [0.25, 0.3) is 100 Å². The number of aromatic nitrogens is 3. The Bertz CT molecular complexity index is 2860. The molecule has 53 heavy (non-hydrogen) atoms. The SMILES string of the molecule is c1ccc(-c2ccc3cc(-c4ccc(-c5ccc6oc7cccc(-c8nc(-c9ccccc9)nc(-c9ccccc9)n8)c7c6c5)cc4)ccc3c2)cc1. The zero-order chi connectivity index (χ0) is 35.1. The van der Waals surface area contributed by atoms with Crippen molar-refractivity contribution in [1.82, 2.24) is 15.0 Å². The second kappa shape index (κ2) is 12.9. The predicted molar refractivity (Wildman–Crippen MR) is 217 cm³/mol. The molecular formula is C49H31N3O. The smallest absolute Gasteiger partial charge is 0.164 e. The molecule has 2 heterocycles. The van der Waals surface area contributed by atoms with Gasteiger partial charge in [-0.05, 0) is 74.5 Å². The molecule has 0 aliphatic carbocycles. The molecular weight excluding hydrogens is 647 g/mol. The standard InChI is InChI=1S/C49H31N3O/c1-4-11-32(12-5-1)37-23-25-40-30-38(24-26-39(40)29-37)33-19-21-34(22-20-33)41-27-28-44-43(31-41)46-42(17-10-18-45(46)53-44)49-51-47(35-13-6-2-7-14-35)50-48(52-49)36-15-8-3-9-16-36/h1-31H. The van der Waals surface area contributed by atoms with E-state index in [1.807, 2.05) is 72.8 Å². The van der Waals surface area contributed by atoms with Crippen molar-refractivity contribution in [2.45, 2.75) is 0 Å². The van der Waals surface area contributed by atoms with E-state index in [1.54, 1.807) is 0 Å². The molecule has 0 fully saturated rings. The van der Waals surface area contributed by atoms with Crippen LogP contribution in [0.5, 0.6) is 0 Å². The van der Waals surface area contributed by atoms with Crippen molar-refractivity contribution in [3.05, 3.63) is 188 Å². The van der Waals surface area contributed by atoms with Gasteiger partial charge in [0, 0.05) is 27.5 Å². The number of rotatable bonds is 6. The molecule has 248 valence electrons. The van der Waals surface area contributed by atoms with Gasteiger partial charge in [0.05, 0.1) is 0 Å². The van der Waals surface area contributed by atoms with Gasteiger partial charge in [-0.25, -0.2) is 15.0 Å². The molecule has 0 N–H and O–H groups in total. The summed E-state index contributed by atoms with van der Waals surface area (Å²) in [4.78, 5) is 15.0. The second-order valence-corrected chi connectivity index (χ2v) is 13.3. The van der Waals surface area contributed by atoms with Crippen LogP contribution in [-0.2, 0) is 0 Å². The van der Waals surface area contributed by atoms with Crippen LogP contribution in [0.15, 0.2) is 192 Å². The molecule has 0 aliphatic heterocycles. The lowest BCUT2D eigenvalue weighted by molar-refractivity contribution is 0.669. The van der Waals surface area contributed by atoms with Crippen LogP contribution in [0, 0.1) is 0 Å². The fourth-order valence-electron chi connectivity index (χ4n) is 7.21. The van der Waals surface area contributed by atoms with E-state index in [2.05, 4.69) is 115 Å². The fraction of sp³-hybridized carbons (Fsp3) is 0. The largest absolute Gasteiger partial charge is 0.456 e. The summed E-state index contributed by atoms with van der Waals surface area (Å²) in [5.74, 6) is 1.86. The average molecular weight is 678 g/mol. The van der Waals surface area contributed by atoms with E-state index in [0.717, 1.165) is 49.8 Å². The first-order valence-electron chi connectivity index (χ1n) is 17.8. The summed E-state index contributed by atoms with van der Waals surface area (Å²) < 4.78 is 6.41. The first-order chi connectivity index (χ1) is 26.2. The topological polar surface area (TPSA) is 51.8 Å². The third kappa shape index (κ3) is 5.73. The van der Waals surface area contributed by atoms with Gasteiger partial charge in [-0.2, -0.15) is 0 Å². The number of fused-ring (bicyclic) bond motifs is 4. The Morgan fingerprint density at radius 2 is 0.755 bits per heavy atom. The number of nitrogens with zero attached hydrogens (tertiary/aromatic N) is 3. The first-order valence-corrected chi connectivity index (χ1v) is 17.8. The Labute approximate surface area is 306 Å². The summed E-state index contributed by atoms with van der Waals surface area (Å²) in [6, 6.07) is 65.4. The Morgan fingerprint density at radius 3 is 1.32 bits per heavy atom. The van der Waals surface area contributed by atoms with Crippen molar-refractivity contribution in [3.8, 4) is 67.5 Å². The molecule has 0 amide bonds. The van der Waals surface area contributed by atoms with E-state index in [4.69, 9.17) is 19.4 Å². The number of hydrogen-bond donors (Lipinski definition) is 0. The van der Waals surface area contributed by atoms with Gasteiger partial charge >= 0.3 is 0 Å². The highest BCUT2D eigenvalue weighted by atomic mass is 16.3. The van der Waals surface area contributed by atoms with Gasteiger partial charge in [0.15, 0.2) is 17.5 Å². The first kappa shape index (κ1) is 30.6. The summed E-state index contributed by atoms with van der Waals surface area (Å²) in [5, 5.41) is 4.46. The number of hydrogen-bond acceptors (Lipinski definition) is 4. The van der Waals surface area contributed by atoms with E-state index in [1.165, 1.54) is 33.0 Å². The van der Waals surface area contributed by atoms with E-state index >= 15 is 0 Å². The highest BCUT2D eigenvalue weighted by molar-refractivity contribution is 6.12. The lowest BCUT2D eigenvalue weighted by Gasteiger charge is -2.09. The van der Waals surface area contributed by atoms with Crippen LogP contribution < -0.4 is 0 Å². The van der Waals surface area contributed by atoms with Crippen LogP contribution in [0.4, 0.5) is 0 Å². The lowest BCUT2D eigenvalue weighted by atomic mass is 9.96. The Hall–Kier alpha value is -7.17. The van der Waals surface area contributed by atoms with E-state index in [-0.39, 0.29) is 0 Å². The molecule has 8 aromatic carbocycles. The molecule has 0 spiro atoms. The van der Waals surface area contributed by atoms with Crippen LogP contribution in [0.1, 0.15) is 0 Å². The molecule has 10 aromatic rings. The molecule has 0 atom stereocenters. The van der Waals surface area contributed by atoms with Gasteiger partial charge in [-0.1, -0.05) is 158 Å². The summed E-state index contributed by atoms with van der Waals surface area (Å²) >= 11 is 0. The van der Waals surface area contributed by atoms with Crippen LogP contribution >= 0.6 is 0 Å². The summed E-state index contributed by atoms with van der Waals surface area (Å²) in [7, 11) is 0. The highest BCUT2D eigenvalue weighted by Crippen LogP contribution is 2.39. The third-order valence-corrected chi connectivity index (χ3v) is 9.93. The normalized spacial score (nSPS) is 11.4. The van der Waals surface area contributed by atoms with Gasteiger partial charge in [0.25, 0.3) is 0 Å². The monoisotopic (exact) mass is 677 g/mol. The van der Waals surface area contributed by atoms with Crippen LogP contribution in [0.3, 0.4) is 0 Å². The average Bonchev–Trinajstić information content (AvgIpc) is 3.62. The Morgan fingerprint density at radius 1 is 0.302 bits per heavy atom. The van der Waals surface area contributed by atoms with Crippen LogP contribution in [-0.4, -0.2) is 15.0 Å². The third-order valence-electron chi connectivity index (χ3n) is 9.93. The van der Waals surface area contributed by atoms with Crippen molar-refractivity contribution in [2.75, 3.05) is 0 Å². The predicted octanol–water partition coefficient (Wildman–Crippen LogP) is 12.9. The van der Waals surface area contributed by atoms with Gasteiger partial charge in [0.2, 0.25) is 0 Å². The summed E-state index contributed by atoms with van der Waals surface area (Å²) in [6.45, 7) is 0. The Balaban J connectivity index is 1.03. The molecule has 0 aliphatic rings. The molecule has 0 bridgehead atoms. The summed E-state index contributed by atoms with van der Waals surface area (Å²) in [6.07, 6.45) is 0. The van der Waals surface area contributed by atoms with Gasteiger partial charge in [0.1, 0.15) is 11.2 Å². The minimum Gasteiger partial charge on any atom is -0.456 e. The lowest BCUT2D eigenvalue weighted by Crippen LogP contribution is -2.00. The highest BCUT2D eigenvalue weighted by Gasteiger charge is 2.18. The van der Waals surface area contributed by atoms with Gasteiger partial charge in [-0.3, -0.25) is 0 Å². The van der Waals surface area contributed by atoms with Crippen molar-refractivity contribution >= 4 is 32.7 Å². The minimum absolute atomic E-state index is 0.604. The van der Waals surface area contributed by atoms with E-state index < -0.39 is 0 Å². The molecule has 4 heteroatoms. The quantitative estimate of drug-likeness (QED) is 0.176. The van der Waals surface area contributed by atoms with Crippen LogP contribution in [0.2, 0.25) is 0 Å². The van der Waals surface area contributed by atoms with Gasteiger partial charge < -0.3 is 4.42 Å². The molecule has 2 aromatic heterocycles. The summed E-state index contributed by atoms with van der Waals surface area (Å²) in [5.41, 5.74) is 11.5. The molecule has 4 nitrogen and oxygen atoms in total. The number of furan rings is 1.